The number of rotatable bonds is 6. The highest BCUT2D eigenvalue weighted by molar-refractivity contribution is 5.49. The van der Waals surface area contributed by atoms with Crippen LogP contribution >= 0.6 is 0 Å². The lowest BCUT2D eigenvalue weighted by Crippen LogP contribution is -1.98. The first kappa shape index (κ1) is 13.7. The minimum atomic E-state index is -0.481. The summed E-state index contributed by atoms with van der Waals surface area (Å²) in [5.74, 6) is 1.48. The predicted octanol–water partition coefficient (Wildman–Crippen LogP) is 3.29. The quantitative estimate of drug-likeness (QED) is 0.597. The smallest absolute Gasteiger partial charge is 0.273 e. The summed E-state index contributed by atoms with van der Waals surface area (Å²) in [5.41, 5.74) is -0.0455. The van der Waals surface area contributed by atoms with Gasteiger partial charge in [0.15, 0.2) is 11.5 Å². The lowest BCUT2D eigenvalue weighted by atomic mass is 10.3. The highest BCUT2D eigenvalue weighted by Crippen LogP contribution is 2.31. The fourth-order valence-corrected chi connectivity index (χ4v) is 1.58. The standard InChI is InChI=1S/C14H13NO5/c1-18-13-7-6-11(15(16)17)10-14(13)20-9-3-5-12-4-2-8-19-12/h2-8,10H,9H2,1H3. The number of hydrogen-bond acceptors (Lipinski definition) is 5. The topological polar surface area (TPSA) is 74.7 Å². The monoisotopic (exact) mass is 275 g/mol. The summed E-state index contributed by atoms with van der Waals surface area (Å²) >= 11 is 0. The molecule has 2 rings (SSSR count). The van der Waals surface area contributed by atoms with Gasteiger partial charge < -0.3 is 13.9 Å². The van der Waals surface area contributed by atoms with E-state index in [0.29, 0.717) is 17.3 Å². The van der Waals surface area contributed by atoms with Crippen LogP contribution in [0.2, 0.25) is 0 Å². The van der Waals surface area contributed by atoms with Crippen molar-refractivity contribution in [3.05, 3.63) is 58.5 Å². The number of nitro groups is 1. The van der Waals surface area contributed by atoms with E-state index in [1.54, 1.807) is 24.5 Å². The Hall–Kier alpha value is -2.76. The van der Waals surface area contributed by atoms with Crippen molar-refractivity contribution >= 4 is 11.8 Å². The zero-order valence-corrected chi connectivity index (χ0v) is 10.8. The molecular weight excluding hydrogens is 262 g/mol. The fraction of sp³-hybridized carbons (Fsp3) is 0.143. The average molecular weight is 275 g/mol. The zero-order chi connectivity index (χ0) is 14.4. The molecule has 0 bridgehead atoms. The summed E-state index contributed by atoms with van der Waals surface area (Å²) in [6.45, 7) is 0.248. The third-order valence-electron chi connectivity index (χ3n) is 2.52. The molecule has 1 aromatic heterocycles. The van der Waals surface area contributed by atoms with Crippen molar-refractivity contribution in [1.82, 2.24) is 0 Å². The third-order valence-corrected chi connectivity index (χ3v) is 2.52. The summed E-state index contributed by atoms with van der Waals surface area (Å²) in [7, 11) is 1.48. The van der Waals surface area contributed by atoms with Gasteiger partial charge in [-0.25, -0.2) is 0 Å². The summed E-state index contributed by atoms with van der Waals surface area (Å²) in [4.78, 5) is 10.2. The number of non-ortho nitro benzene ring substituents is 1. The SMILES string of the molecule is COc1ccc([N+](=O)[O-])cc1OCC=Cc1ccco1. The van der Waals surface area contributed by atoms with Gasteiger partial charge in [0, 0.05) is 6.07 Å². The van der Waals surface area contributed by atoms with E-state index in [4.69, 9.17) is 13.9 Å². The molecule has 0 spiro atoms. The Bertz CT molecular complexity index is 604. The summed E-state index contributed by atoms with van der Waals surface area (Å²) in [6.07, 6.45) is 5.07. The second-order valence-electron chi connectivity index (χ2n) is 3.82. The number of methoxy groups -OCH3 is 1. The maximum absolute atomic E-state index is 10.7. The first-order valence-electron chi connectivity index (χ1n) is 5.86. The molecule has 0 aliphatic rings. The molecule has 0 N–H and O–H groups in total. The molecule has 2 aromatic rings. The molecule has 20 heavy (non-hydrogen) atoms. The molecule has 0 unspecified atom stereocenters. The average Bonchev–Trinajstić information content (AvgIpc) is 2.96. The van der Waals surface area contributed by atoms with Gasteiger partial charge in [-0.1, -0.05) is 0 Å². The van der Waals surface area contributed by atoms with Gasteiger partial charge in [0.2, 0.25) is 0 Å². The zero-order valence-electron chi connectivity index (χ0n) is 10.8. The highest BCUT2D eigenvalue weighted by Gasteiger charge is 2.11. The lowest BCUT2D eigenvalue weighted by Gasteiger charge is -2.08. The fourth-order valence-electron chi connectivity index (χ4n) is 1.58. The predicted molar refractivity (Wildman–Crippen MR) is 72.9 cm³/mol. The molecule has 104 valence electrons. The van der Waals surface area contributed by atoms with Crippen LogP contribution in [0, 0.1) is 10.1 Å². The number of furan rings is 1. The van der Waals surface area contributed by atoms with E-state index in [-0.39, 0.29) is 12.3 Å². The number of ether oxygens (including phenoxy) is 2. The maximum Gasteiger partial charge on any atom is 0.273 e. The summed E-state index contributed by atoms with van der Waals surface area (Å²) in [6, 6.07) is 7.79. The van der Waals surface area contributed by atoms with Crippen LogP contribution < -0.4 is 9.47 Å². The molecule has 0 radical (unpaired) electrons. The second-order valence-corrected chi connectivity index (χ2v) is 3.82. The van der Waals surface area contributed by atoms with Crippen LogP contribution in [-0.2, 0) is 0 Å². The van der Waals surface area contributed by atoms with Crippen molar-refractivity contribution in [2.75, 3.05) is 13.7 Å². The molecule has 0 amide bonds. The van der Waals surface area contributed by atoms with Gasteiger partial charge >= 0.3 is 0 Å². The van der Waals surface area contributed by atoms with E-state index < -0.39 is 4.92 Å². The van der Waals surface area contributed by atoms with Crippen LogP contribution in [0.5, 0.6) is 11.5 Å². The van der Waals surface area contributed by atoms with Crippen LogP contribution in [0.3, 0.4) is 0 Å². The van der Waals surface area contributed by atoms with E-state index in [9.17, 15) is 10.1 Å². The Balaban J connectivity index is 2.04. The van der Waals surface area contributed by atoms with Gasteiger partial charge in [0.1, 0.15) is 12.4 Å². The Morgan fingerprint density at radius 3 is 2.85 bits per heavy atom. The van der Waals surface area contributed by atoms with E-state index >= 15 is 0 Å². The number of nitro benzene ring substituents is 1. The van der Waals surface area contributed by atoms with E-state index in [1.165, 1.54) is 25.3 Å². The molecule has 0 atom stereocenters. The number of hydrogen-bond donors (Lipinski definition) is 0. The number of benzene rings is 1. The van der Waals surface area contributed by atoms with Crippen LogP contribution in [-0.4, -0.2) is 18.6 Å². The maximum atomic E-state index is 10.7. The molecule has 0 saturated carbocycles. The minimum absolute atomic E-state index is 0.0455. The molecule has 0 aliphatic heterocycles. The van der Waals surface area contributed by atoms with Gasteiger partial charge in [-0.05, 0) is 30.4 Å². The minimum Gasteiger partial charge on any atom is -0.493 e. The van der Waals surface area contributed by atoms with Gasteiger partial charge in [0.25, 0.3) is 5.69 Å². The molecule has 6 heteroatoms. The van der Waals surface area contributed by atoms with Gasteiger partial charge in [-0.3, -0.25) is 10.1 Å². The first-order chi connectivity index (χ1) is 9.70. The molecule has 0 aliphatic carbocycles. The Labute approximate surface area is 115 Å². The Morgan fingerprint density at radius 1 is 1.35 bits per heavy atom. The van der Waals surface area contributed by atoms with Crippen LogP contribution in [0.1, 0.15) is 5.76 Å². The molecule has 0 fully saturated rings. The van der Waals surface area contributed by atoms with Crippen molar-refractivity contribution < 1.29 is 18.8 Å². The molecular formula is C14H13NO5. The van der Waals surface area contributed by atoms with Crippen molar-refractivity contribution in [3.63, 3.8) is 0 Å². The summed E-state index contributed by atoms with van der Waals surface area (Å²) in [5, 5.41) is 10.7. The van der Waals surface area contributed by atoms with Crippen LogP contribution in [0.25, 0.3) is 6.08 Å². The van der Waals surface area contributed by atoms with E-state index in [1.807, 2.05) is 6.07 Å². The van der Waals surface area contributed by atoms with E-state index in [2.05, 4.69) is 0 Å². The summed E-state index contributed by atoms with van der Waals surface area (Å²) < 4.78 is 15.7. The van der Waals surface area contributed by atoms with Gasteiger partial charge in [0.05, 0.1) is 24.4 Å². The molecule has 6 nitrogen and oxygen atoms in total. The first-order valence-corrected chi connectivity index (χ1v) is 5.86. The van der Waals surface area contributed by atoms with E-state index in [0.717, 1.165) is 0 Å². The van der Waals surface area contributed by atoms with Crippen molar-refractivity contribution in [2.45, 2.75) is 0 Å². The van der Waals surface area contributed by atoms with Crippen molar-refractivity contribution in [2.24, 2.45) is 0 Å². The van der Waals surface area contributed by atoms with Gasteiger partial charge in [-0.15, -0.1) is 0 Å². The second kappa shape index (κ2) is 6.42. The van der Waals surface area contributed by atoms with Crippen molar-refractivity contribution in [3.8, 4) is 11.5 Å². The van der Waals surface area contributed by atoms with Crippen molar-refractivity contribution in [1.29, 1.82) is 0 Å². The Morgan fingerprint density at radius 2 is 2.20 bits per heavy atom. The highest BCUT2D eigenvalue weighted by atomic mass is 16.6. The van der Waals surface area contributed by atoms with Gasteiger partial charge in [-0.2, -0.15) is 0 Å². The normalized spacial score (nSPS) is 10.7. The number of nitrogens with zero attached hydrogens (tertiary/aromatic N) is 1. The lowest BCUT2D eigenvalue weighted by molar-refractivity contribution is -0.385. The molecule has 1 heterocycles. The van der Waals surface area contributed by atoms with Crippen LogP contribution in [0.4, 0.5) is 5.69 Å². The Kier molecular flexibility index (Phi) is 4.39. The molecule has 0 saturated heterocycles. The third kappa shape index (κ3) is 3.38. The van der Waals surface area contributed by atoms with Crippen LogP contribution in [0.15, 0.2) is 47.1 Å². The molecule has 1 aromatic carbocycles. The largest absolute Gasteiger partial charge is 0.493 e.